The van der Waals surface area contributed by atoms with E-state index in [0.29, 0.717) is 6.42 Å². The molecule has 0 aliphatic rings. The smallest absolute Gasteiger partial charge is 0.352 e. The van der Waals surface area contributed by atoms with Crippen LogP contribution < -0.4 is 10.6 Å². The third-order valence-corrected chi connectivity index (χ3v) is 3.85. The van der Waals surface area contributed by atoms with Crippen molar-refractivity contribution in [2.24, 2.45) is 0 Å². The van der Waals surface area contributed by atoms with Crippen molar-refractivity contribution in [1.29, 1.82) is 0 Å². The number of aromatic nitrogens is 2. The van der Waals surface area contributed by atoms with Crippen LogP contribution in [0.5, 0.6) is 0 Å². The van der Waals surface area contributed by atoms with E-state index in [-0.39, 0.29) is 33.5 Å². The molecular weight excluding hydrogens is 364 g/mol. The Hall–Kier alpha value is -1.73. The fourth-order valence-electron chi connectivity index (χ4n) is 1.79. The maximum absolute atomic E-state index is 13.1. The first-order chi connectivity index (χ1) is 11.2. The molecule has 0 saturated heterocycles. The molecule has 0 aliphatic heterocycles. The van der Waals surface area contributed by atoms with E-state index in [4.69, 9.17) is 23.2 Å². The van der Waals surface area contributed by atoms with Crippen molar-refractivity contribution in [3.05, 3.63) is 40.0 Å². The van der Waals surface area contributed by atoms with Crippen molar-refractivity contribution in [3.63, 3.8) is 0 Å². The van der Waals surface area contributed by atoms with Crippen molar-refractivity contribution in [3.8, 4) is 0 Å². The van der Waals surface area contributed by atoms with Crippen LogP contribution in [-0.2, 0) is 6.18 Å². The molecule has 1 atom stereocenters. The van der Waals surface area contributed by atoms with Crippen molar-refractivity contribution >= 4 is 40.7 Å². The second kappa shape index (κ2) is 7.44. The summed E-state index contributed by atoms with van der Waals surface area (Å²) in [5, 5.41) is 6.10. The van der Waals surface area contributed by atoms with Gasteiger partial charge < -0.3 is 10.6 Å². The maximum atomic E-state index is 13.1. The molecule has 0 radical (unpaired) electrons. The van der Waals surface area contributed by atoms with Gasteiger partial charge in [-0.25, -0.2) is 4.98 Å². The molecule has 0 aliphatic carbocycles. The monoisotopic (exact) mass is 378 g/mol. The van der Waals surface area contributed by atoms with Gasteiger partial charge in [0.1, 0.15) is 5.82 Å². The number of halogens is 5. The maximum Gasteiger partial charge on any atom is 0.433 e. The highest BCUT2D eigenvalue weighted by atomic mass is 35.5. The number of nitrogens with zero attached hydrogens (tertiary/aromatic N) is 2. The molecule has 0 unspecified atom stereocenters. The van der Waals surface area contributed by atoms with E-state index in [2.05, 4.69) is 20.6 Å². The van der Waals surface area contributed by atoms with Gasteiger partial charge in [-0.15, -0.1) is 0 Å². The number of hydrogen-bond acceptors (Lipinski definition) is 4. The predicted octanol–water partition coefficient (Wildman–Crippen LogP) is 5.76. The van der Waals surface area contributed by atoms with Gasteiger partial charge in [0.15, 0.2) is 5.69 Å². The molecule has 24 heavy (non-hydrogen) atoms. The molecule has 9 heteroatoms. The van der Waals surface area contributed by atoms with Gasteiger partial charge in [0, 0.05) is 12.1 Å². The minimum absolute atomic E-state index is 0.0573. The van der Waals surface area contributed by atoms with E-state index in [1.54, 1.807) is 18.2 Å². The van der Waals surface area contributed by atoms with Crippen molar-refractivity contribution in [1.82, 2.24) is 9.97 Å². The molecule has 4 nitrogen and oxygen atoms in total. The van der Waals surface area contributed by atoms with Crippen molar-refractivity contribution < 1.29 is 13.2 Å². The summed E-state index contributed by atoms with van der Waals surface area (Å²) in [4.78, 5) is 7.59. The summed E-state index contributed by atoms with van der Waals surface area (Å²) in [5.41, 5.74) is -0.781. The summed E-state index contributed by atoms with van der Waals surface area (Å²) >= 11 is 12.1. The largest absolute Gasteiger partial charge is 0.433 e. The van der Waals surface area contributed by atoms with Gasteiger partial charge in [0.25, 0.3) is 0 Å². The summed E-state index contributed by atoms with van der Waals surface area (Å²) in [6.07, 6.45) is -3.89. The van der Waals surface area contributed by atoms with Crippen LogP contribution in [0.15, 0.2) is 24.3 Å². The second-order valence-electron chi connectivity index (χ2n) is 5.14. The Morgan fingerprint density at radius 1 is 1.17 bits per heavy atom. The van der Waals surface area contributed by atoms with Crippen LogP contribution >= 0.6 is 23.2 Å². The molecule has 0 fully saturated rings. The van der Waals surface area contributed by atoms with Crippen LogP contribution in [0.2, 0.25) is 10.0 Å². The van der Waals surface area contributed by atoms with Crippen LogP contribution in [0, 0.1) is 0 Å². The Balaban J connectivity index is 2.43. The van der Waals surface area contributed by atoms with Gasteiger partial charge in [-0.05, 0) is 25.5 Å². The molecule has 0 bridgehead atoms. The molecule has 2 rings (SSSR count). The first-order valence-corrected chi connectivity index (χ1v) is 7.90. The number of hydrogen-bond donors (Lipinski definition) is 2. The van der Waals surface area contributed by atoms with Crippen LogP contribution in [0.4, 0.5) is 30.6 Å². The Kier molecular flexibility index (Phi) is 5.77. The second-order valence-corrected chi connectivity index (χ2v) is 5.95. The summed E-state index contributed by atoms with van der Waals surface area (Å²) < 4.78 is 39.2. The van der Waals surface area contributed by atoms with E-state index in [1.807, 2.05) is 13.8 Å². The average Bonchev–Trinajstić information content (AvgIpc) is 2.50. The van der Waals surface area contributed by atoms with Crippen LogP contribution in [-0.4, -0.2) is 16.0 Å². The third kappa shape index (κ3) is 4.64. The molecule has 0 spiro atoms. The van der Waals surface area contributed by atoms with E-state index >= 15 is 0 Å². The molecule has 1 heterocycles. The van der Waals surface area contributed by atoms with Gasteiger partial charge in [0.05, 0.1) is 15.7 Å². The number of benzene rings is 1. The Morgan fingerprint density at radius 3 is 2.33 bits per heavy atom. The number of para-hydroxylation sites is 1. The average molecular weight is 379 g/mol. The molecule has 1 aromatic carbocycles. The van der Waals surface area contributed by atoms with E-state index in [0.717, 1.165) is 6.07 Å². The summed E-state index contributed by atoms with van der Waals surface area (Å²) in [7, 11) is 0. The van der Waals surface area contributed by atoms with Crippen molar-refractivity contribution in [2.75, 3.05) is 10.6 Å². The molecule has 2 aromatic rings. The minimum atomic E-state index is -4.60. The van der Waals surface area contributed by atoms with Gasteiger partial charge in [-0.1, -0.05) is 36.2 Å². The van der Waals surface area contributed by atoms with Gasteiger partial charge in [-0.3, -0.25) is 0 Å². The lowest BCUT2D eigenvalue weighted by Gasteiger charge is -2.16. The Labute approximate surface area is 147 Å². The highest BCUT2D eigenvalue weighted by molar-refractivity contribution is 6.39. The standard InChI is InChI=1S/C15H15Cl2F3N4/c1-3-8(2)21-14-22-11(15(18,19)20)7-12(24-14)23-13-9(16)5-4-6-10(13)17/h4-8H,3H2,1-2H3,(H2,21,22,23,24)/t8-/m1/s1. The Bertz CT molecular complexity index is 702. The van der Waals surface area contributed by atoms with E-state index in [9.17, 15) is 13.2 Å². The van der Waals surface area contributed by atoms with Crippen LogP contribution in [0.25, 0.3) is 0 Å². The zero-order valence-electron chi connectivity index (χ0n) is 12.9. The lowest BCUT2D eigenvalue weighted by atomic mass is 10.3. The molecule has 0 saturated carbocycles. The minimum Gasteiger partial charge on any atom is -0.352 e. The summed E-state index contributed by atoms with van der Waals surface area (Å²) in [6, 6.07) is 5.50. The lowest BCUT2D eigenvalue weighted by molar-refractivity contribution is -0.141. The quantitative estimate of drug-likeness (QED) is 0.694. The van der Waals surface area contributed by atoms with Gasteiger partial charge >= 0.3 is 6.18 Å². The number of anilines is 3. The van der Waals surface area contributed by atoms with E-state index < -0.39 is 11.9 Å². The molecule has 1 aromatic heterocycles. The summed E-state index contributed by atoms with van der Waals surface area (Å²) in [5.74, 6) is -0.178. The first-order valence-electron chi connectivity index (χ1n) is 7.14. The number of alkyl halides is 3. The molecule has 130 valence electrons. The molecule has 2 N–H and O–H groups in total. The zero-order chi connectivity index (χ0) is 17.9. The SMILES string of the molecule is CC[C@@H](C)Nc1nc(Nc2c(Cl)cccc2Cl)cc(C(F)(F)F)n1. The number of nitrogens with one attached hydrogen (secondary N) is 2. The number of rotatable bonds is 5. The molecular formula is C15H15Cl2F3N4. The fraction of sp³-hybridized carbons (Fsp3) is 0.333. The van der Waals surface area contributed by atoms with Gasteiger partial charge in [-0.2, -0.15) is 18.2 Å². The summed E-state index contributed by atoms with van der Waals surface area (Å²) in [6.45, 7) is 3.72. The molecule has 0 amide bonds. The third-order valence-electron chi connectivity index (χ3n) is 3.22. The van der Waals surface area contributed by atoms with Gasteiger partial charge in [0.2, 0.25) is 5.95 Å². The Morgan fingerprint density at radius 2 is 1.79 bits per heavy atom. The zero-order valence-corrected chi connectivity index (χ0v) is 14.4. The first kappa shape index (κ1) is 18.6. The normalized spacial score (nSPS) is 12.8. The fourth-order valence-corrected chi connectivity index (χ4v) is 2.28. The van der Waals surface area contributed by atoms with E-state index in [1.165, 1.54) is 0 Å². The van der Waals surface area contributed by atoms with Crippen LogP contribution in [0.1, 0.15) is 26.0 Å². The van der Waals surface area contributed by atoms with Crippen LogP contribution in [0.3, 0.4) is 0 Å². The highest BCUT2D eigenvalue weighted by Gasteiger charge is 2.34. The topological polar surface area (TPSA) is 49.8 Å². The van der Waals surface area contributed by atoms with Crippen molar-refractivity contribution in [2.45, 2.75) is 32.5 Å². The highest BCUT2D eigenvalue weighted by Crippen LogP contribution is 2.34. The lowest BCUT2D eigenvalue weighted by Crippen LogP contribution is -2.18. The predicted molar refractivity (Wildman–Crippen MR) is 90.2 cm³/mol.